The molecule has 5 heteroatoms. The molecule has 0 aliphatic heterocycles. The molecular weight excluding hydrogens is 336 g/mol. The van der Waals surface area contributed by atoms with Crippen molar-refractivity contribution in [3.05, 3.63) is 64.7 Å². The van der Waals surface area contributed by atoms with E-state index < -0.39 is 0 Å². The molecule has 0 aliphatic rings. The normalized spacial score (nSPS) is 11.1. The van der Waals surface area contributed by atoms with Gasteiger partial charge < -0.3 is 15.0 Å². The van der Waals surface area contributed by atoms with Crippen LogP contribution in [0.3, 0.4) is 0 Å². The number of anilines is 1. The van der Waals surface area contributed by atoms with Gasteiger partial charge in [-0.25, -0.2) is 0 Å². The Bertz CT molecular complexity index is 740. The predicted molar refractivity (Wildman–Crippen MR) is 104 cm³/mol. The van der Waals surface area contributed by atoms with Crippen molar-refractivity contribution < 1.29 is 9.53 Å². The van der Waals surface area contributed by atoms with Crippen LogP contribution in [0, 0.1) is 0 Å². The van der Waals surface area contributed by atoms with Gasteiger partial charge in [-0.2, -0.15) is 0 Å². The molecule has 0 aliphatic carbocycles. The van der Waals surface area contributed by atoms with Gasteiger partial charge in [0.2, 0.25) is 5.91 Å². The van der Waals surface area contributed by atoms with Gasteiger partial charge in [0.05, 0.1) is 7.11 Å². The lowest BCUT2D eigenvalue weighted by Gasteiger charge is -2.09. The molecule has 4 nitrogen and oxygen atoms in total. The number of nitrogens with one attached hydrogen (secondary N) is 1. The van der Waals surface area contributed by atoms with Crippen LogP contribution in [0.25, 0.3) is 6.08 Å². The van der Waals surface area contributed by atoms with E-state index in [9.17, 15) is 4.79 Å². The van der Waals surface area contributed by atoms with Crippen LogP contribution in [-0.4, -0.2) is 38.6 Å². The fourth-order valence-corrected chi connectivity index (χ4v) is 2.47. The standard InChI is InChI=1S/C20H23ClN2O2/c1-23(2)13-12-15-4-8-18(9-5-15)22-20(24)11-6-16-14-17(21)7-10-19(16)25-3/h4-11,14H,12-13H2,1-3H3,(H,22,24)/b11-6+. The number of nitrogens with zero attached hydrogens (tertiary/aromatic N) is 1. The molecule has 1 amide bonds. The van der Waals surface area contributed by atoms with Gasteiger partial charge in [-0.3, -0.25) is 4.79 Å². The van der Waals surface area contributed by atoms with E-state index in [2.05, 4.69) is 24.3 Å². The average Bonchev–Trinajstić information content (AvgIpc) is 2.59. The zero-order chi connectivity index (χ0) is 18.2. The number of ether oxygens (including phenoxy) is 1. The first-order valence-electron chi connectivity index (χ1n) is 8.04. The first-order valence-corrected chi connectivity index (χ1v) is 8.42. The van der Waals surface area contributed by atoms with E-state index in [1.807, 2.05) is 24.3 Å². The fraction of sp³-hybridized carbons (Fsp3) is 0.250. The van der Waals surface area contributed by atoms with E-state index in [4.69, 9.17) is 16.3 Å². The second kappa shape index (κ2) is 9.25. The van der Waals surface area contributed by atoms with Gasteiger partial charge in [-0.15, -0.1) is 0 Å². The Balaban J connectivity index is 1.97. The Morgan fingerprint density at radius 3 is 2.56 bits per heavy atom. The van der Waals surface area contributed by atoms with Gasteiger partial charge in [0.25, 0.3) is 0 Å². The number of benzene rings is 2. The highest BCUT2D eigenvalue weighted by atomic mass is 35.5. The molecule has 25 heavy (non-hydrogen) atoms. The number of likely N-dealkylation sites (N-methyl/N-ethyl adjacent to an activating group) is 1. The van der Waals surface area contributed by atoms with E-state index >= 15 is 0 Å². The third kappa shape index (κ3) is 6.25. The van der Waals surface area contributed by atoms with Crippen molar-refractivity contribution in [2.24, 2.45) is 0 Å². The third-order valence-corrected chi connectivity index (χ3v) is 3.91. The van der Waals surface area contributed by atoms with Crippen molar-refractivity contribution in [1.82, 2.24) is 4.90 Å². The Morgan fingerprint density at radius 2 is 1.92 bits per heavy atom. The van der Waals surface area contributed by atoms with Gasteiger partial charge in [0.15, 0.2) is 0 Å². The number of methoxy groups -OCH3 is 1. The smallest absolute Gasteiger partial charge is 0.248 e. The molecule has 0 bridgehead atoms. The molecule has 132 valence electrons. The molecular formula is C20H23ClN2O2. The van der Waals surface area contributed by atoms with Gasteiger partial charge in [-0.1, -0.05) is 23.7 Å². The summed E-state index contributed by atoms with van der Waals surface area (Å²) in [6.45, 7) is 0.996. The van der Waals surface area contributed by atoms with Gasteiger partial charge in [0.1, 0.15) is 5.75 Å². The van der Waals surface area contributed by atoms with E-state index in [1.54, 1.807) is 31.4 Å². The summed E-state index contributed by atoms with van der Waals surface area (Å²) in [5.41, 5.74) is 2.76. The molecule has 0 spiro atoms. The monoisotopic (exact) mass is 358 g/mol. The minimum atomic E-state index is -0.205. The Hall–Kier alpha value is -2.30. The van der Waals surface area contributed by atoms with Crippen molar-refractivity contribution >= 4 is 29.3 Å². The van der Waals surface area contributed by atoms with Gasteiger partial charge in [-0.05, 0) is 62.5 Å². The number of carbonyl (C=O) groups is 1. The maximum atomic E-state index is 12.1. The van der Waals surface area contributed by atoms with Crippen LogP contribution in [0.15, 0.2) is 48.5 Å². The molecule has 0 unspecified atom stereocenters. The first kappa shape index (κ1) is 19.0. The molecule has 1 N–H and O–H groups in total. The van der Waals surface area contributed by atoms with Crippen LogP contribution < -0.4 is 10.1 Å². The second-order valence-corrected chi connectivity index (χ2v) is 6.40. The van der Waals surface area contributed by atoms with Crippen molar-refractivity contribution in [3.8, 4) is 5.75 Å². The SMILES string of the molecule is COc1ccc(Cl)cc1/C=C/C(=O)Nc1ccc(CCN(C)C)cc1. The topological polar surface area (TPSA) is 41.6 Å². The minimum absolute atomic E-state index is 0.205. The molecule has 0 saturated carbocycles. The van der Waals surface area contributed by atoms with Crippen LogP contribution in [0.5, 0.6) is 5.75 Å². The number of carbonyl (C=O) groups excluding carboxylic acids is 1. The fourth-order valence-electron chi connectivity index (χ4n) is 2.29. The molecule has 0 atom stereocenters. The summed E-state index contributed by atoms with van der Waals surface area (Å²) in [5.74, 6) is 0.460. The van der Waals surface area contributed by atoms with E-state index in [1.165, 1.54) is 11.6 Å². The van der Waals surface area contributed by atoms with Crippen LogP contribution in [0.4, 0.5) is 5.69 Å². The van der Waals surface area contributed by atoms with Crippen LogP contribution in [-0.2, 0) is 11.2 Å². The molecule has 0 aromatic heterocycles. The summed E-state index contributed by atoms with van der Waals surface area (Å²) in [4.78, 5) is 14.2. The summed E-state index contributed by atoms with van der Waals surface area (Å²) in [6.07, 6.45) is 4.13. The average molecular weight is 359 g/mol. The highest BCUT2D eigenvalue weighted by molar-refractivity contribution is 6.30. The van der Waals surface area contributed by atoms with E-state index in [0.717, 1.165) is 24.2 Å². The number of hydrogen-bond donors (Lipinski definition) is 1. The number of amides is 1. The van der Waals surface area contributed by atoms with Crippen molar-refractivity contribution in [2.45, 2.75) is 6.42 Å². The van der Waals surface area contributed by atoms with E-state index in [-0.39, 0.29) is 5.91 Å². The summed E-state index contributed by atoms with van der Waals surface area (Å²) < 4.78 is 5.26. The zero-order valence-corrected chi connectivity index (χ0v) is 15.5. The molecule has 2 aromatic rings. The summed E-state index contributed by atoms with van der Waals surface area (Å²) in [7, 11) is 5.68. The van der Waals surface area contributed by atoms with Crippen LogP contribution in [0.1, 0.15) is 11.1 Å². The summed E-state index contributed by atoms with van der Waals surface area (Å²) in [6, 6.07) is 13.2. The van der Waals surface area contributed by atoms with Gasteiger partial charge >= 0.3 is 0 Å². The van der Waals surface area contributed by atoms with Gasteiger partial charge in [0, 0.05) is 28.9 Å². The van der Waals surface area contributed by atoms with Crippen molar-refractivity contribution in [2.75, 3.05) is 33.1 Å². The summed E-state index contributed by atoms with van der Waals surface area (Å²) >= 11 is 5.99. The van der Waals surface area contributed by atoms with Crippen molar-refractivity contribution in [3.63, 3.8) is 0 Å². The van der Waals surface area contributed by atoms with E-state index in [0.29, 0.717) is 10.8 Å². The number of hydrogen-bond acceptors (Lipinski definition) is 3. The second-order valence-electron chi connectivity index (χ2n) is 5.96. The number of halogens is 1. The zero-order valence-electron chi connectivity index (χ0n) is 14.8. The molecule has 2 rings (SSSR count). The lowest BCUT2D eigenvalue weighted by atomic mass is 10.1. The third-order valence-electron chi connectivity index (χ3n) is 3.68. The number of rotatable bonds is 7. The quantitative estimate of drug-likeness (QED) is 0.757. The molecule has 0 heterocycles. The molecule has 0 fully saturated rings. The highest BCUT2D eigenvalue weighted by Crippen LogP contribution is 2.23. The molecule has 0 radical (unpaired) electrons. The Labute approximate surface area is 154 Å². The maximum absolute atomic E-state index is 12.1. The Kier molecular flexibility index (Phi) is 7.04. The minimum Gasteiger partial charge on any atom is -0.496 e. The predicted octanol–water partition coefficient (Wildman–Crippen LogP) is 4.10. The lowest BCUT2D eigenvalue weighted by molar-refractivity contribution is -0.111. The lowest BCUT2D eigenvalue weighted by Crippen LogP contribution is -2.15. The summed E-state index contributed by atoms with van der Waals surface area (Å²) in [5, 5.41) is 3.44. The van der Waals surface area contributed by atoms with Crippen molar-refractivity contribution in [1.29, 1.82) is 0 Å². The largest absolute Gasteiger partial charge is 0.496 e. The van der Waals surface area contributed by atoms with Crippen LogP contribution >= 0.6 is 11.6 Å². The first-order chi connectivity index (χ1) is 12.0. The maximum Gasteiger partial charge on any atom is 0.248 e. The highest BCUT2D eigenvalue weighted by Gasteiger charge is 2.03. The Morgan fingerprint density at radius 1 is 1.20 bits per heavy atom. The molecule has 0 saturated heterocycles. The molecule has 2 aromatic carbocycles. The van der Waals surface area contributed by atoms with Crippen LogP contribution in [0.2, 0.25) is 5.02 Å².